The molecule has 3 rings (SSSR count). The molecule has 0 unspecified atom stereocenters. The van der Waals surface area contributed by atoms with Crippen LogP contribution >= 0.6 is 15.9 Å². The molecule has 1 amide bonds. The van der Waals surface area contributed by atoms with Gasteiger partial charge in [-0.2, -0.15) is 10.4 Å². The summed E-state index contributed by atoms with van der Waals surface area (Å²) in [6.07, 6.45) is 1.31. The number of hydrogen-bond acceptors (Lipinski definition) is 4. The lowest BCUT2D eigenvalue weighted by Crippen LogP contribution is -2.42. The standard InChI is InChI=1S/C18H21BrN4O2/c1-18(2,3)25-17(24)22-8-6-13(7-9-22)23-16-5-4-12(19)10-14(16)15(11-20)21-23/h4-5,10,13H,6-9H2,1-3H3. The van der Waals surface area contributed by atoms with E-state index in [2.05, 4.69) is 27.1 Å². The largest absolute Gasteiger partial charge is 0.444 e. The second-order valence-corrected chi connectivity index (χ2v) is 8.18. The highest BCUT2D eigenvalue weighted by molar-refractivity contribution is 9.10. The van der Waals surface area contributed by atoms with Crippen LogP contribution in [0.2, 0.25) is 0 Å². The lowest BCUT2D eigenvalue weighted by Gasteiger charge is -2.33. The van der Waals surface area contributed by atoms with E-state index in [0.717, 1.165) is 28.2 Å². The van der Waals surface area contributed by atoms with Gasteiger partial charge in [-0.05, 0) is 51.8 Å². The highest BCUT2D eigenvalue weighted by atomic mass is 79.9. The fourth-order valence-electron chi connectivity index (χ4n) is 3.09. The summed E-state index contributed by atoms with van der Waals surface area (Å²) in [5.74, 6) is 0. The van der Waals surface area contributed by atoms with Gasteiger partial charge < -0.3 is 9.64 Å². The van der Waals surface area contributed by atoms with Crippen LogP contribution in [-0.4, -0.2) is 39.5 Å². The van der Waals surface area contributed by atoms with E-state index < -0.39 is 5.60 Å². The number of fused-ring (bicyclic) bond motifs is 1. The van der Waals surface area contributed by atoms with Crippen molar-refractivity contribution in [3.8, 4) is 6.07 Å². The van der Waals surface area contributed by atoms with E-state index in [1.807, 2.05) is 43.7 Å². The number of nitriles is 1. The first-order chi connectivity index (χ1) is 11.8. The maximum absolute atomic E-state index is 12.2. The Labute approximate surface area is 155 Å². The number of carbonyl (C=O) groups excluding carboxylic acids is 1. The fraction of sp³-hybridized carbons (Fsp3) is 0.500. The van der Waals surface area contributed by atoms with Crippen molar-refractivity contribution in [3.63, 3.8) is 0 Å². The lowest BCUT2D eigenvalue weighted by atomic mass is 10.1. The molecule has 132 valence electrons. The van der Waals surface area contributed by atoms with Crippen molar-refractivity contribution < 1.29 is 9.53 Å². The van der Waals surface area contributed by atoms with Gasteiger partial charge in [-0.15, -0.1) is 0 Å². The highest BCUT2D eigenvalue weighted by Gasteiger charge is 2.29. The van der Waals surface area contributed by atoms with Crippen LogP contribution in [0.3, 0.4) is 0 Å². The van der Waals surface area contributed by atoms with Crippen molar-refractivity contribution in [3.05, 3.63) is 28.4 Å². The Morgan fingerprint density at radius 2 is 2.04 bits per heavy atom. The molecule has 2 aromatic rings. The van der Waals surface area contributed by atoms with Gasteiger partial charge in [0.2, 0.25) is 0 Å². The van der Waals surface area contributed by atoms with Gasteiger partial charge in [-0.25, -0.2) is 4.79 Å². The predicted molar refractivity (Wildman–Crippen MR) is 98.2 cm³/mol. The average Bonchev–Trinajstić information content (AvgIpc) is 2.91. The Balaban J connectivity index is 1.77. The van der Waals surface area contributed by atoms with E-state index in [9.17, 15) is 10.1 Å². The monoisotopic (exact) mass is 404 g/mol. The molecule has 0 N–H and O–H groups in total. The number of benzene rings is 1. The van der Waals surface area contributed by atoms with Gasteiger partial charge in [0, 0.05) is 22.9 Å². The number of nitrogens with zero attached hydrogens (tertiary/aromatic N) is 4. The molecule has 25 heavy (non-hydrogen) atoms. The average molecular weight is 405 g/mol. The van der Waals surface area contributed by atoms with Crippen LogP contribution in [0.4, 0.5) is 4.79 Å². The second-order valence-electron chi connectivity index (χ2n) is 7.27. The highest BCUT2D eigenvalue weighted by Crippen LogP contribution is 2.30. The number of amides is 1. The van der Waals surface area contributed by atoms with Gasteiger partial charge >= 0.3 is 6.09 Å². The molecule has 1 fully saturated rings. The summed E-state index contributed by atoms with van der Waals surface area (Å²) in [6.45, 7) is 6.86. The number of piperidine rings is 1. The first-order valence-corrected chi connectivity index (χ1v) is 9.13. The summed E-state index contributed by atoms with van der Waals surface area (Å²) in [5.41, 5.74) is 0.905. The number of aromatic nitrogens is 2. The van der Waals surface area contributed by atoms with E-state index in [1.54, 1.807) is 4.90 Å². The van der Waals surface area contributed by atoms with Gasteiger partial charge in [0.05, 0.1) is 11.6 Å². The maximum Gasteiger partial charge on any atom is 0.410 e. The third kappa shape index (κ3) is 3.79. The summed E-state index contributed by atoms with van der Waals surface area (Å²) in [5, 5.41) is 14.7. The van der Waals surface area contributed by atoms with Gasteiger partial charge in [0.25, 0.3) is 0 Å². The topological polar surface area (TPSA) is 71.2 Å². The molecule has 1 aliphatic heterocycles. The molecule has 1 aromatic carbocycles. The van der Waals surface area contributed by atoms with Crippen LogP contribution in [0.5, 0.6) is 0 Å². The molecule has 0 saturated carbocycles. The number of halogens is 1. The minimum Gasteiger partial charge on any atom is -0.444 e. The number of likely N-dealkylation sites (tertiary alicyclic amines) is 1. The number of rotatable bonds is 1. The quantitative estimate of drug-likeness (QED) is 0.712. The smallest absolute Gasteiger partial charge is 0.410 e. The van der Waals surface area contributed by atoms with Crippen LogP contribution < -0.4 is 0 Å². The van der Waals surface area contributed by atoms with Crippen LogP contribution in [0.25, 0.3) is 10.9 Å². The van der Waals surface area contributed by atoms with Crippen LogP contribution in [0, 0.1) is 11.3 Å². The first-order valence-electron chi connectivity index (χ1n) is 8.34. The SMILES string of the molecule is CC(C)(C)OC(=O)N1CCC(n2nc(C#N)c3cc(Br)ccc32)CC1. The summed E-state index contributed by atoms with van der Waals surface area (Å²) in [6, 6.07) is 8.20. The molecule has 6 nitrogen and oxygen atoms in total. The Morgan fingerprint density at radius 3 is 2.64 bits per heavy atom. The zero-order valence-electron chi connectivity index (χ0n) is 14.6. The molecule has 0 radical (unpaired) electrons. The van der Waals surface area contributed by atoms with E-state index in [0.29, 0.717) is 18.8 Å². The molecule has 0 aliphatic carbocycles. The summed E-state index contributed by atoms with van der Waals surface area (Å²) >= 11 is 3.44. The summed E-state index contributed by atoms with van der Waals surface area (Å²) in [7, 11) is 0. The first kappa shape index (κ1) is 17.7. The molecule has 1 aromatic heterocycles. The van der Waals surface area contributed by atoms with Crippen LogP contribution in [0.1, 0.15) is 45.3 Å². The van der Waals surface area contributed by atoms with Gasteiger partial charge in [0.15, 0.2) is 5.69 Å². The van der Waals surface area contributed by atoms with Crippen molar-refractivity contribution in [2.24, 2.45) is 0 Å². The predicted octanol–water partition coefficient (Wildman–Crippen LogP) is 4.24. The molecular formula is C18H21BrN4O2. The Hall–Kier alpha value is -2.07. The number of hydrogen-bond donors (Lipinski definition) is 0. The molecule has 0 bridgehead atoms. The van der Waals surface area contributed by atoms with E-state index in [-0.39, 0.29) is 12.1 Å². The van der Waals surface area contributed by atoms with E-state index in [4.69, 9.17) is 4.74 Å². The van der Waals surface area contributed by atoms with Crippen molar-refractivity contribution in [1.82, 2.24) is 14.7 Å². The van der Waals surface area contributed by atoms with Crippen molar-refractivity contribution in [2.75, 3.05) is 13.1 Å². The minimum absolute atomic E-state index is 0.171. The Morgan fingerprint density at radius 1 is 1.36 bits per heavy atom. The summed E-state index contributed by atoms with van der Waals surface area (Å²) < 4.78 is 8.30. The third-order valence-corrected chi connectivity index (χ3v) is 4.73. The fourth-order valence-corrected chi connectivity index (χ4v) is 3.45. The molecule has 1 aliphatic rings. The van der Waals surface area contributed by atoms with Crippen molar-refractivity contribution in [1.29, 1.82) is 5.26 Å². The van der Waals surface area contributed by atoms with Gasteiger partial charge in [0.1, 0.15) is 11.7 Å². The zero-order chi connectivity index (χ0) is 18.2. The molecule has 2 heterocycles. The second kappa shape index (κ2) is 6.68. The third-order valence-electron chi connectivity index (χ3n) is 4.24. The van der Waals surface area contributed by atoms with Gasteiger partial charge in [-0.3, -0.25) is 4.68 Å². The molecule has 7 heteroatoms. The Bertz CT molecular complexity index is 839. The van der Waals surface area contributed by atoms with Crippen molar-refractivity contribution in [2.45, 2.75) is 45.3 Å². The van der Waals surface area contributed by atoms with Gasteiger partial charge in [-0.1, -0.05) is 15.9 Å². The Kier molecular flexibility index (Phi) is 4.74. The normalized spacial score (nSPS) is 16.0. The molecule has 1 saturated heterocycles. The number of ether oxygens (including phenoxy) is 1. The summed E-state index contributed by atoms with van der Waals surface area (Å²) in [4.78, 5) is 13.9. The maximum atomic E-state index is 12.2. The van der Waals surface area contributed by atoms with Crippen molar-refractivity contribution >= 4 is 32.9 Å². The minimum atomic E-state index is -0.485. The number of carbonyl (C=O) groups is 1. The van der Waals surface area contributed by atoms with Crippen LogP contribution in [0.15, 0.2) is 22.7 Å². The van der Waals surface area contributed by atoms with E-state index in [1.165, 1.54) is 0 Å². The molecule has 0 atom stereocenters. The molecular weight excluding hydrogens is 384 g/mol. The lowest BCUT2D eigenvalue weighted by molar-refractivity contribution is 0.0186. The molecule has 0 spiro atoms. The van der Waals surface area contributed by atoms with E-state index >= 15 is 0 Å². The zero-order valence-corrected chi connectivity index (χ0v) is 16.2. The van der Waals surface area contributed by atoms with Crippen LogP contribution in [-0.2, 0) is 4.74 Å².